The highest BCUT2D eigenvalue weighted by atomic mass is 32.1. The summed E-state index contributed by atoms with van der Waals surface area (Å²) in [6, 6.07) is 19.0. The van der Waals surface area contributed by atoms with Gasteiger partial charge in [-0.05, 0) is 86.6 Å². The predicted octanol–water partition coefficient (Wildman–Crippen LogP) is 5.31. The number of hydrogen-bond acceptors (Lipinski definition) is 5. The van der Waals surface area contributed by atoms with Crippen LogP contribution in [-0.4, -0.2) is 22.6 Å². The van der Waals surface area contributed by atoms with Gasteiger partial charge in [0.1, 0.15) is 11.3 Å². The number of fused-ring (bicyclic) bond motifs is 1. The quantitative estimate of drug-likeness (QED) is 0.405. The minimum absolute atomic E-state index is 0.132. The highest BCUT2D eigenvalue weighted by Gasteiger charge is 2.11. The number of aryl methyl sites for hydroxylation is 3. The van der Waals surface area contributed by atoms with Crippen molar-refractivity contribution in [3.05, 3.63) is 77.4 Å². The Labute approximate surface area is 191 Å². The summed E-state index contributed by atoms with van der Waals surface area (Å²) in [7, 11) is 0. The van der Waals surface area contributed by atoms with Crippen LogP contribution in [0.15, 0.2) is 65.1 Å². The smallest absolute Gasteiger partial charge is 0.264 e. The summed E-state index contributed by atoms with van der Waals surface area (Å²) in [6.45, 7) is 5.98. The second kappa shape index (κ2) is 9.20. The van der Waals surface area contributed by atoms with E-state index in [9.17, 15) is 4.79 Å². The summed E-state index contributed by atoms with van der Waals surface area (Å²) >= 11 is 5.25. The molecule has 0 bridgehead atoms. The van der Waals surface area contributed by atoms with Crippen LogP contribution in [0, 0.1) is 20.8 Å². The number of nitrogens with zero attached hydrogens (tertiary/aromatic N) is 1. The van der Waals surface area contributed by atoms with E-state index < -0.39 is 0 Å². The van der Waals surface area contributed by atoms with Gasteiger partial charge in [0.2, 0.25) is 5.89 Å². The number of benzene rings is 3. The van der Waals surface area contributed by atoms with Crippen LogP contribution in [0.1, 0.15) is 16.7 Å². The molecule has 0 saturated carbocycles. The van der Waals surface area contributed by atoms with Crippen LogP contribution in [0.3, 0.4) is 0 Å². The largest absolute Gasteiger partial charge is 0.484 e. The van der Waals surface area contributed by atoms with Gasteiger partial charge < -0.3 is 14.5 Å². The molecule has 0 aliphatic carbocycles. The Hall–Kier alpha value is -3.71. The first kappa shape index (κ1) is 21.5. The fourth-order valence-electron chi connectivity index (χ4n) is 3.11. The SMILES string of the molecule is Cc1ccc(OCC(=O)NC(=S)Nc2ccc3oc(-c4ccc(C)c(C)c4)nc3c2)cc1. The molecule has 0 atom stereocenters. The Balaban J connectivity index is 1.37. The molecule has 0 aliphatic heterocycles. The monoisotopic (exact) mass is 445 g/mol. The highest BCUT2D eigenvalue weighted by Crippen LogP contribution is 2.27. The first-order chi connectivity index (χ1) is 15.4. The molecule has 6 nitrogen and oxygen atoms in total. The van der Waals surface area contributed by atoms with Crippen molar-refractivity contribution in [1.29, 1.82) is 0 Å². The molecule has 32 heavy (non-hydrogen) atoms. The molecule has 7 heteroatoms. The van der Waals surface area contributed by atoms with E-state index in [0.717, 1.165) is 11.1 Å². The van der Waals surface area contributed by atoms with Crippen molar-refractivity contribution in [2.45, 2.75) is 20.8 Å². The molecule has 2 N–H and O–H groups in total. The van der Waals surface area contributed by atoms with Crippen LogP contribution >= 0.6 is 12.2 Å². The van der Waals surface area contributed by atoms with Crippen LogP contribution < -0.4 is 15.4 Å². The molecular weight excluding hydrogens is 422 g/mol. The number of nitrogens with one attached hydrogen (secondary N) is 2. The molecule has 0 radical (unpaired) electrons. The number of rotatable bonds is 5. The second-order valence-corrected chi connectivity index (χ2v) is 8.01. The van der Waals surface area contributed by atoms with Crippen LogP contribution in [-0.2, 0) is 4.79 Å². The Morgan fingerprint density at radius 2 is 1.78 bits per heavy atom. The van der Waals surface area contributed by atoms with E-state index in [1.54, 1.807) is 0 Å². The number of anilines is 1. The summed E-state index contributed by atoms with van der Waals surface area (Å²) in [5.41, 5.74) is 6.51. The Morgan fingerprint density at radius 3 is 2.53 bits per heavy atom. The van der Waals surface area contributed by atoms with E-state index in [0.29, 0.717) is 28.4 Å². The number of thiocarbonyl (C=S) groups is 1. The van der Waals surface area contributed by atoms with Crippen molar-refractivity contribution in [1.82, 2.24) is 10.3 Å². The lowest BCUT2D eigenvalue weighted by Crippen LogP contribution is -2.37. The summed E-state index contributed by atoms with van der Waals surface area (Å²) in [4.78, 5) is 16.7. The molecule has 1 aromatic heterocycles. The van der Waals surface area contributed by atoms with Gasteiger partial charge in [0.05, 0.1) is 0 Å². The summed E-state index contributed by atoms with van der Waals surface area (Å²) in [5, 5.41) is 5.79. The average molecular weight is 446 g/mol. The molecule has 3 aromatic carbocycles. The van der Waals surface area contributed by atoms with Crippen molar-refractivity contribution >= 4 is 40.0 Å². The van der Waals surface area contributed by atoms with Gasteiger partial charge in [0, 0.05) is 11.3 Å². The first-order valence-corrected chi connectivity index (χ1v) is 10.6. The van der Waals surface area contributed by atoms with E-state index in [4.69, 9.17) is 21.4 Å². The summed E-state index contributed by atoms with van der Waals surface area (Å²) < 4.78 is 11.4. The summed E-state index contributed by atoms with van der Waals surface area (Å²) in [5.74, 6) is 0.840. The summed E-state index contributed by atoms with van der Waals surface area (Å²) in [6.07, 6.45) is 0. The highest BCUT2D eigenvalue weighted by molar-refractivity contribution is 7.80. The first-order valence-electron chi connectivity index (χ1n) is 10.2. The van der Waals surface area contributed by atoms with Crippen molar-refractivity contribution < 1.29 is 13.9 Å². The van der Waals surface area contributed by atoms with Crippen molar-refractivity contribution in [2.24, 2.45) is 0 Å². The van der Waals surface area contributed by atoms with E-state index in [1.807, 2.05) is 55.5 Å². The maximum absolute atomic E-state index is 12.1. The van der Waals surface area contributed by atoms with Gasteiger partial charge in [-0.2, -0.15) is 0 Å². The molecule has 0 aliphatic rings. The molecule has 0 unspecified atom stereocenters. The predicted molar refractivity (Wildman–Crippen MR) is 130 cm³/mol. The number of carbonyl (C=O) groups excluding carboxylic acids is 1. The number of amides is 1. The maximum Gasteiger partial charge on any atom is 0.264 e. The van der Waals surface area contributed by atoms with Crippen LogP contribution in [0.25, 0.3) is 22.6 Å². The van der Waals surface area contributed by atoms with Crippen molar-refractivity contribution in [3.8, 4) is 17.2 Å². The van der Waals surface area contributed by atoms with Gasteiger partial charge in [-0.25, -0.2) is 4.98 Å². The molecule has 0 fully saturated rings. The molecule has 4 aromatic rings. The van der Waals surface area contributed by atoms with Gasteiger partial charge in [0.25, 0.3) is 5.91 Å². The van der Waals surface area contributed by atoms with Gasteiger partial charge >= 0.3 is 0 Å². The fourth-order valence-corrected chi connectivity index (χ4v) is 3.34. The lowest BCUT2D eigenvalue weighted by Gasteiger charge is -2.10. The Kier molecular flexibility index (Phi) is 6.18. The minimum Gasteiger partial charge on any atom is -0.484 e. The topological polar surface area (TPSA) is 76.4 Å². The van der Waals surface area contributed by atoms with Crippen LogP contribution in [0.4, 0.5) is 5.69 Å². The minimum atomic E-state index is -0.345. The van der Waals surface area contributed by atoms with E-state index >= 15 is 0 Å². The van der Waals surface area contributed by atoms with Crippen molar-refractivity contribution in [3.63, 3.8) is 0 Å². The number of oxazole rings is 1. The van der Waals surface area contributed by atoms with Gasteiger partial charge in [-0.3, -0.25) is 10.1 Å². The average Bonchev–Trinajstić information content (AvgIpc) is 3.18. The Morgan fingerprint density at radius 1 is 1.00 bits per heavy atom. The zero-order valence-corrected chi connectivity index (χ0v) is 18.9. The number of carbonyl (C=O) groups is 1. The van der Waals surface area contributed by atoms with Crippen LogP contribution in [0.2, 0.25) is 0 Å². The lowest BCUT2D eigenvalue weighted by molar-refractivity contribution is -0.121. The molecular formula is C25H23N3O3S. The van der Waals surface area contributed by atoms with Crippen molar-refractivity contribution in [2.75, 3.05) is 11.9 Å². The number of hydrogen-bond donors (Lipinski definition) is 2. The molecule has 1 heterocycles. The molecule has 0 saturated heterocycles. The third-order valence-corrected chi connectivity index (χ3v) is 5.25. The van der Waals surface area contributed by atoms with Gasteiger partial charge in [-0.1, -0.05) is 23.8 Å². The fraction of sp³-hybridized carbons (Fsp3) is 0.160. The molecule has 4 rings (SSSR count). The lowest BCUT2D eigenvalue weighted by atomic mass is 10.1. The zero-order valence-electron chi connectivity index (χ0n) is 18.1. The van der Waals surface area contributed by atoms with E-state index in [2.05, 4.69) is 41.6 Å². The third-order valence-electron chi connectivity index (χ3n) is 5.04. The van der Waals surface area contributed by atoms with E-state index in [-0.39, 0.29) is 17.6 Å². The van der Waals surface area contributed by atoms with Crippen LogP contribution in [0.5, 0.6) is 5.75 Å². The number of ether oxygens (including phenoxy) is 1. The molecule has 0 spiro atoms. The second-order valence-electron chi connectivity index (χ2n) is 7.60. The molecule has 1 amide bonds. The Bertz CT molecular complexity index is 1300. The number of aromatic nitrogens is 1. The molecule has 162 valence electrons. The maximum atomic E-state index is 12.1. The third kappa shape index (κ3) is 5.12. The van der Waals surface area contributed by atoms with E-state index in [1.165, 1.54) is 11.1 Å². The van der Waals surface area contributed by atoms with Gasteiger partial charge in [0.15, 0.2) is 17.3 Å². The standard InChI is InChI=1S/C25H23N3O3S/c1-15-4-9-20(10-5-15)30-14-23(29)28-25(32)26-19-8-11-22-21(13-19)27-24(31-22)18-7-6-16(2)17(3)12-18/h4-13H,14H2,1-3H3,(H2,26,28,29,32). The normalized spacial score (nSPS) is 10.7. The zero-order chi connectivity index (χ0) is 22.7. The van der Waals surface area contributed by atoms with Gasteiger partial charge in [-0.15, -0.1) is 0 Å².